The number of ketones is 1. The van der Waals surface area contributed by atoms with Crippen molar-refractivity contribution in [3.63, 3.8) is 0 Å². The monoisotopic (exact) mass is 330 g/mol. The van der Waals surface area contributed by atoms with Gasteiger partial charge in [0.2, 0.25) is 11.2 Å². The van der Waals surface area contributed by atoms with Gasteiger partial charge in [0, 0.05) is 43.5 Å². The number of nitrogens with zero attached hydrogens (tertiary/aromatic N) is 3. The highest BCUT2D eigenvalue weighted by atomic mass is 32.2. The first-order chi connectivity index (χ1) is 11.0. The highest BCUT2D eigenvalue weighted by Gasteiger charge is 2.11. The minimum atomic E-state index is -0.418. The summed E-state index contributed by atoms with van der Waals surface area (Å²) in [5.41, 5.74) is 0.281. The molecule has 2 aromatic rings. The fourth-order valence-corrected chi connectivity index (χ4v) is 2.39. The lowest BCUT2D eigenvalue weighted by Crippen LogP contribution is -2.20. The Morgan fingerprint density at radius 1 is 1.35 bits per heavy atom. The second-order valence-corrected chi connectivity index (χ2v) is 6.00. The van der Waals surface area contributed by atoms with Crippen LogP contribution in [0.2, 0.25) is 0 Å². The largest absolute Gasteiger partial charge is 0.383 e. The first kappa shape index (κ1) is 17.0. The van der Waals surface area contributed by atoms with Crippen molar-refractivity contribution in [1.82, 2.24) is 19.4 Å². The van der Waals surface area contributed by atoms with Crippen molar-refractivity contribution in [2.45, 2.75) is 4.90 Å². The van der Waals surface area contributed by atoms with Crippen LogP contribution in [0, 0.1) is 0 Å². The molecule has 0 aliphatic carbocycles. The minimum absolute atomic E-state index is 0.0997. The van der Waals surface area contributed by atoms with Gasteiger partial charge in [-0.15, -0.1) is 0 Å². The van der Waals surface area contributed by atoms with Crippen LogP contribution >= 0.6 is 11.9 Å². The summed E-state index contributed by atoms with van der Waals surface area (Å²) >= 11 is 1.47. The molecule has 1 aromatic heterocycles. The average Bonchev–Trinajstić information content (AvgIpc) is 2.53. The zero-order valence-corrected chi connectivity index (χ0v) is 14.0. The van der Waals surface area contributed by atoms with Crippen LogP contribution in [-0.4, -0.2) is 41.6 Å². The Morgan fingerprint density at radius 3 is 2.83 bits per heavy atom. The molecule has 23 heavy (non-hydrogen) atoms. The normalized spacial score (nSPS) is 10.9. The third kappa shape index (κ3) is 4.54. The van der Waals surface area contributed by atoms with Gasteiger partial charge in [0.1, 0.15) is 0 Å². The summed E-state index contributed by atoms with van der Waals surface area (Å²) in [6.45, 7) is 0. The topological polar surface area (TPSA) is 67.2 Å². The lowest BCUT2D eigenvalue weighted by molar-refractivity contribution is 0.103. The van der Waals surface area contributed by atoms with Crippen molar-refractivity contribution >= 4 is 17.7 Å². The molecule has 2 rings (SSSR count). The van der Waals surface area contributed by atoms with Gasteiger partial charge in [-0.1, -0.05) is 6.07 Å². The van der Waals surface area contributed by atoms with E-state index in [0.29, 0.717) is 0 Å². The Labute approximate surface area is 138 Å². The van der Waals surface area contributed by atoms with Gasteiger partial charge in [-0.2, -0.15) is 5.10 Å². The van der Waals surface area contributed by atoms with Gasteiger partial charge in [-0.3, -0.25) is 14.3 Å². The molecule has 0 bridgehead atoms. The minimum Gasteiger partial charge on any atom is -0.383 e. The molecule has 0 saturated heterocycles. The molecule has 0 amide bonds. The van der Waals surface area contributed by atoms with E-state index in [1.165, 1.54) is 28.8 Å². The van der Waals surface area contributed by atoms with Gasteiger partial charge in [0.25, 0.3) is 0 Å². The van der Waals surface area contributed by atoms with Crippen molar-refractivity contribution in [2.75, 3.05) is 21.1 Å². The molecular weight excluding hydrogens is 312 g/mol. The van der Waals surface area contributed by atoms with E-state index in [1.54, 1.807) is 31.4 Å². The van der Waals surface area contributed by atoms with Crippen LogP contribution < -0.4 is 10.2 Å². The number of carbonyl (C=O) groups is 1. The second-order valence-electron chi connectivity index (χ2n) is 4.92. The third-order valence-corrected chi connectivity index (χ3v) is 3.56. The molecule has 0 aliphatic heterocycles. The van der Waals surface area contributed by atoms with Crippen LogP contribution in [0.5, 0.6) is 0 Å². The van der Waals surface area contributed by atoms with Gasteiger partial charge in [0.15, 0.2) is 5.69 Å². The number of allylic oxidation sites excluding steroid dienone is 1. The molecule has 6 nitrogen and oxygen atoms in total. The van der Waals surface area contributed by atoms with Crippen LogP contribution in [0.4, 0.5) is 0 Å². The number of aromatic nitrogens is 2. The maximum atomic E-state index is 12.1. The molecule has 0 fully saturated rings. The highest BCUT2D eigenvalue weighted by Crippen LogP contribution is 2.17. The number of hydrogen-bond acceptors (Lipinski definition) is 6. The Morgan fingerprint density at radius 2 is 2.13 bits per heavy atom. The molecule has 120 valence electrons. The van der Waals surface area contributed by atoms with Gasteiger partial charge in [-0.25, -0.2) is 4.68 Å². The third-order valence-electron chi connectivity index (χ3n) is 2.87. The quantitative estimate of drug-likeness (QED) is 0.494. The lowest BCUT2D eigenvalue weighted by Gasteiger charge is -2.08. The van der Waals surface area contributed by atoms with Crippen molar-refractivity contribution in [1.29, 1.82) is 0 Å². The molecule has 0 atom stereocenters. The van der Waals surface area contributed by atoms with Crippen LogP contribution in [0.1, 0.15) is 10.5 Å². The molecule has 0 saturated carbocycles. The number of carbonyl (C=O) groups excluding carboxylic acids is 1. The Kier molecular flexibility index (Phi) is 5.72. The predicted molar refractivity (Wildman–Crippen MR) is 91.9 cm³/mol. The maximum Gasteiger partial charge on any atom is 0.211 e. The number of hydrogen-bond donors (Lipinski definition) is 1. The van der Waals surface area contributed by atoms with Crippen molar-refractivity contribution in [3.8, 4) is 5.69 Å². The van der Waals surface area contributed by atoms with E-state index in [2.05, 4.69) is 9.82 Å². The van der Waals surface area contributed by atoms with Gasteiger partial charge in [-0.05, 0) is 37.2 Å². The number of rotatable bonds is 6. The van der Waals surface area contributed by atoms with E-state index < -0.39 is 11.2 Å². The Balaban J connectivity index is 2.39. The SMILES string of the molecule is CNSc1cccc(-n2ccc(=O)c(C(=O)/C=C/N(C)C)n2)c1. The zero-order valence-electron chi connectivity index (χ0n) is 13.2. The molecule has 0 aliphatic rings. The summed E-state index contributed by atoms with van der Waals surface area (Å²) in [6.07, 6.45) is 4.48. The first-order valence-corrected chi connectivity index (χ1v) is 7.76. The molecule has 7 heteroatoms. The van der Waals surface area contributed by atoms with E-state index in [1.807, 2.05) is 31.3 Å². The van der Waals surface area contributed by atoms with Gasteiger partial charge in [0.05, 0.1) is 5.69 Å². The summed E-state index contributed by atoms with van der Waals surface area (Å²) in [4.78, 5) is 26.7. The van der Waals surface area contributed by atoms with Crippen molar-refractivity contribution < 1.29 is 4.79 Å². The summed E-state index contributed by atoms with van der Waals surface area (Å²) in [5, 5.41) is 4.18. The van der Waals surface area contributed by atoms with E-state index in [0.717, 1.165) is 10.6 Å². The summed E-state index contributed by atoms with van der Waals surface area (Å²) in [5.74, 6) is -0.418. The fourth-order valence-electron chi connectivity index (χ4n) is 1.83. The molecule has 0 radical (unpaired) electrons. The van der Waals surface area contributed by atoms with Crippen molar-refractivity contribution in [3.05, 3.63) is 64.7 Å². The summed E-state index contributed by atoms with van der Waals surface area (Å²) < 4.78 is 4.52. The smallest absolute Gasteiger partial charge is 0.211 e. The molecule has 1 N–H and O–H groups in total. The second kappa shape index (κ2) is 7.75. The molecule has 1 aromatic carbocycles. The highest BCUT2D eigenvalue weighted by molar-refractivity contribution is 7.97. The Hall–Kier alpha value is -2.38. The van der Waals surface area contributed by atoms with Crippen LogP contribution in [0.3, 0.4) is 0 Å². The molecule has 0 unspecified atom stereocenters. The summed E-state index contributed by atoms with van der Waals surface area (Å²) in [7, 11) is 5.43. The maximum absolute atomic E-state index is 12.1. The average molecular weight is 330 g/mol. The predicted octanol–water partition coefficient (Wildman–Crippen LogP) is 1.72. The molecule has 0 spiro atoms. The van der Waals surface area contributed by atoms with Gasteiger partial charge < -0.3 is 4.90 Å². The number of benzene rings is 1. The first-order valence-electron chi connectivity index (χ1n) is 6.94. The standard InChI is InChI=1S/C16H18N4O2S/c1-17-23-13-6-4-5-12(11-13)20-10-8-15(22)16(18-20)14(21)7-9-19(2)3/h4-11,17H,1-3H3/b9-7+. The van der Waals surface area contributed by atoms with E-state index >= 15 is 0 Å². The molecule has 1 heterocycles. The number of nitrogens with one attached hydrogen (secondary N) is 1. The van der Waals surface area contributed by atoms with Crippen LogP contribution in [0.25, 0.3) is 5.69 Å². The summed E-state index contributed by atoms with van der Waals surface area (Å²) in [6, 6.07) is 8.98. The van der Waals surface area contributed by atoms with Crippen molar-refractivity contribution in [2.24, 2.45) is 0 Å². The molecular formula is C16H18N4O2S. The van der Waals surface area contributed by atoms with Crippen LogP contribution in [-0.2, 0) is 0 Å². The lowest BCUT2D eigenvalue weighted by atomic mass is 10.2. The zero-order chi connectivity index (χ0) is 16.8. The van der Waals surface area contributed by atoms with Gasteiger partial charge >= 0.3 is 0 Å². The van der Waals surface area contributed by atoms with E-state index in [9.17, 15) is 9.59 Å². The van der Waals surface area contributed by atoms with E-state index in [4.69, 9.17) is 0 Å². The Bertz CT molecular complexity index is 784. The van der Waals surface area contributed by atoms with E-state index in [-0.39, 0.29) is 5.69 Å². The van der Waals surface area contributed by atoms with Crippen LogP contribution in [0.15, 0.2) is 58.5 Å². The fraction of sp³-hybridized carbons (Fsp3) is 0.188.